The Labute approximate surface area is 87.2 Å². The standard InChI is InChI=1S/C10H10N4O/c1-7-8(5-11)3-2-4-9(7)6-13-14-10(12)15/h2-4,6H,1H3,(H3,12,14,15). The molecule has 0 heterocycles. The van der Waals surface area contributed by atoms with E-state index in [4.69, 9.17) is 11.0 Å². The molecule has 2 amide bonds. The minimum atomic E-state index is -0.722. The van der Waals surface area contributed by atoms with E-state index in [0.717, 1.165) is 11.1 Å². The van der Waals surface area contributed by atoms with E-state index in [1.807, 2.05) is 6.92 Å². The normalized spacial score (nSPS) is 9.87. The molecule has 1 aromatic carbocycles. The van der Waals surface area contributed by atoms with Gasteiger partial charge in [-0.2, -0.15) is 10.4 Å². The van der Waals surface area contributed by atoms with Gasteiger partial charge in [-0.15, -0.1) is 0 Å². The summed E-state index contributed by atoms with van der Waals surface area (Å²) in [7, 11) is 0. The lowest BCUT2D eigenvalue weighted by molar-refractivity contribution is 0.249. The molecule has 0 aliphatic heterocycles. The summed E-state index contributed by atoms with van der Waals surface area (Å²) in [4.78, 5) is 10.3. The molecule has 5 heteroatoms. The lowest BCUT2D eigenvalue weighted by Crippen LogP contribution is -2.24. The molecule has 0 saturated carbocycles. The van der Waals surface area contributed by atoms with E-state index in [0.29, 0.717) is 5.56 Å². The zero-order chi connectivity index (χ0) is 11.3. The molecule has 1 aromatic rings. The highest BCUT2D eigenvalue weighted by molar-refractivity contribution is 5.83. The summed E-state index contributed by atoms with van der Waals surface area (Å²) in [5.41, 5.74) is 9.08. The number of nitrogens with zero attached hydrogens (tertiary/aromatic N) is 2. The zero-order valence-electron chi connectivity index (χ0n) is 8.19. The van der Waals surface area contributed by atoms with E-state index < -0.39 is 6.03 Å². The molecule has 0 aromatic heterocycles. The van der Waals surface area contributed by atoms with E-state index in [2.05, 4.69) is 16.6 Å². The maximum absolute atomic E-state index is 10.3. The molecule has 76 valence electrons. The number of nitriles is 1. The lowest BCUT2D eigenvalue weighted by atomic mass is 10.0. The first-order chi connectivity index (χ1) is 7.15. The number of hydrogen-bond acceptors (Lipinski definition) is 3. The van der Waals surface area contributed by atoms with Crippen LogP contribution in [0.3, 0.4) is 0 Å². The van der Waals surface area contributed by atoms with E-state index in [-0.39, 0.29) is 0 Å². The Morgan fingerprint density at radius 1 is 1.67 bits per heavy atom. The Hall–Kier alpha value is -2.35. The summed E-state index contributed by atoms with van der Waals surface area (Å²) in [5.74, 6) is 0. The zero-order valence-corrected chi connectivity index (χ0v) is 8.19. The molecule has 0 aliphatic rings. The minimum absolute atomic E-state index is 0.582. The van der Waals surface area contributed by atoms with Crippen LogP contribution in [0.15, 0.2) is 23.3 Å². The van der Waals surface area contributed by atoms with Gasteiger partial charge in [0.25, 0.3) is 0 Å². The topological polar surface area (TPSA) is 91.3 Å². The van der Waals surface area contributed by atoms with Crippen LogP contribution in [0, 0.1) is 18.3 Å². The monoisotopic (exact) mass is 202 g/mol. The van der Waals surface area contributed by atoms with Gasteiger partial charge < -0.3 is 5.73 Å². The van der Waals surface area contributed by atoms with Gasteiger partial charge in [-0.05, 0) is 24.1 Å². The molecular formula is C10H10N4O. The third-order valence-corrected chi connectivity index (χ3v) is 1.87. The van der Waals surface area contributed by atoms with Crippen molar-refractivity contribution in [1.82, 2.24) is 5.43 Å². The van der Waals surface area contributed by atoms with Gasteiger partial charge in [-0.1, -0.05) is 12.1 Å². The van der Waals surface area contributed by atoms with Crippen LogP contribution in [0.5, 0.6) is 0 Å². The molecule has 0 radical (unpaired) electrons. The first-order valence-electron chi connectivity index (χ1n) is 4.23. The number of benzene rings is 1. The summed E-state index contributed by atoms with van der Waals surface area (Å²) >= 11 is 0. The van der Waals surface area contributed by atoms with Crippen LogP contribution in [-0.4, -0.2) is 12.2 Å². The Bertz CT molecular complexity index is 445. The van der Waals surface area contributed by atoms with Crippen LogP contribution in [0.25, 0.3) is 0 Å². The van der Waals surface area contributed by atoms with Gasteiger partial charge in [-0.25, -0.2) is 10.2 Å². The number of rotatable bonds is 2. The highest BCUT2D eigenvalue weighted by Crippen LogP contribution is 2.10. The van der Waals surface area contributed by atoms with Crippen molar-refractivity contribution < 1.29 is 4.79 Å². The van der Waals surface area contributed by atoms with Crippen LogP contribution >= 0.6 is 0 Å². The summed E-state index contributed by atoms with van der Waals surface area (Å²) in [6.07, 6.45) is 1.45. The molecule has 0 aliphatic carbocycles. The Kier molecular flexibility index (Phi) is 3.41. The predicted molar refractivity (Wildman–Crippen MR) is 56.2 cm³/mol. The van der Waals surface area contributed by atoms with Gasteiger partial charge in [0.2, 0.25) is 0 Å². The smallest absolute Gasteiger partial charge is 0.332 e. The van der Waals surface area contributed by atoms with E-state index in [9.17, 15) is 4.79 Å². The summed E-state index contributed by atoms with van der Waals surface area (Å²) in [5, 5.41) is 12.4. The Morgan fingerprint density at radius 2 is 2.40 bits per heavy atom. The number of primary amides is 1. The fourth-order valence-electron chi connectivity index (χ4n) is 1.08. The van der Waals surface area contributed by atoms with Gasteiger partial charge >= 0.3 is 6.03 Å². The number of carbonyl (C=O) groups is 1. The second-order valence-corrected chi connectivity index (χ2v) is 2.87. The summed E-state index contributed by atoms with van der Waals surface area (Å²) in [6, 6.07) is 6.60. The van der Waals surface area contributed by atoms with Crippen LogP contribution in [-0.2, 0) is 0 Å². The van der Waals surface area contributed by atoms with Gasteiger partial charge in [0.05, 0.1) is 17.8 Å². The molecule has 1 rings (SSSR count). The Morgan fingerprint density at radius 3 is 3.00 bits per heavy atom. The largest absolute Gasteiger partial charge is 0.350 e. The summed E-state index contributed by atoms with van der Waals surface area (Å²) < 4.78 is 0. The van der Waals surface area contributed by atoms with Crippen LogP contribution in [0.2, 0.25) is 0 Å². The van der Waals surface area contributed by atoms with Crippen LogP contribution in [0.1, 0.15) is 16.7 Å². The molecule has 5 nitrogen and oxygen atoms in total. The second kappa shape index (κ2) is 4.77. The number of nitrogens with one attached hydrogen (secondary N) is 1. The van der Waals surface area contributed by atoms with Crippen molar-refractivity contribution in [3.8, 4) is 6.07 Å². The SMILES string of the molecule is Cc1c(C#N)cccc1C=NNC(N)=O. The van der Waals surface area contributed by atoms with Gasteiger partial charge in [0.1, 0.15) is 0 Å². The molecule has 3 N–H and O–H groups in total. The fourth-order valence-corrected chi connectivity index (χ4v) is 1.08. The Balaban J connectivity index is 2.92. The number of nitrogens with two attached hydrogens (primary N) is 1. The van der Waals surface area contributed by atoms with E-state index in [1.165, 1.54) is 6.21 Å². The maximum atomic E-state index is 10.3. The quantitative estimate of drug-likeness (QED) is 0.550. The number of carbonyl (C=O) groups excluding carboxylic acids is 1. The molecule has 0 spiro atoms. The van der Waals surface area contributed by atoms with Gasteiger partial charge in [0, 0.05) is 0 Å². The second-order valence-electron chi connectivity index (χ2n) is 2.87. The highest BCUT2D eigenvalue weighted by Gasteiger charge is 2.00. The van der Waals surface area contributed by atoms with Gasteiger partial charge in [-0.3, -0.25) is 0 Å². The molecule has 0 fully saturated rings. The number of urea groups is 1. The lowest BCUT2D eigenvalue weighted by Gasteiger charge is -2.00. The third kappa shape index (κ3) is 2.81. The first-order valence-corrected chi connectivity index (χ1v) is 4.23. The molecule has 0 bridgehead atoms. The molecule has 0 saturated heterocycles. The van der Waals surface area contributed by atoms with Crippen molar-refractivity contribution in [2.75, 3.05) is 0 Å². The molecule has 15 heavy (non-hydrogen) atoms. The maximum Gasteiger partial charge on any atom is 0.332 e. The average molecular weight is 202 g/mol. The first kappa shape index (κ1) is 10.7. The third-order valence-electron chi connectivity index (χ3n) is 1.87. The number of hydrazone groups is 1. The van der Waals surface area contributed by atoms with Crippen LogP contribution < -0.4 is 11.2 Å². The van der Waals surface area contributed by atoms with Crippen molar-refractivity contribution in [3.05, 3.63) is 34.9 Å². The van der Waals surface area contributed by atoms with E-state index >= 15 is 0 Å². The number of amides is 2. The predicted octanol–water partition coefficient (Wildman–Crippen LogP) is 0.869. The summed E-state index contributed by atoms with van der Waals surface area (Å²) in [6.45, 7) is 1.81. The van der Waals surface area contributed by atoms with Crippen LogP contribution in [0.4, 0.5) is 4.79 Å². The van der Waals surface area contributed by atoms with Crippen molar-refractivity contribution in [2.45, 2.75) is 6.92 Å². The van der Waals surface area contributed by atoms with Crippen molar-refractivity contribution in [1.29, 1.82) is 5.26 Å². The van der Waals surface area contributed by atoms with Crippen molar-refractivity contribution in [2.24, 2.45) is 10.8 Å². The van der Waals surface area contributed by atoms with Gasteiger partial charge in [0.15, 0.2) is 0 Å². The van der Waals surface area contributed by atoms with E-state index in [1.54, 1.807) is 18.2 Å². The molecule has 0 atom stereocenters. The fraction of sp³-hybridized carbons (Fsp3) is 0.100. The average Bonchev–Trinajstić information content (AvgIpc) is 2.20. The number of hydrogen-bond donors (Lipinski definition) is 2. The van der Waals surface area contributed by atoms with Crippen molar-refractivity contribution >= 4 is 12.2 Å². The molecular weight excluding hydrogens is 192 g/mol. The molecule has 0 unspecified atom stereocenters. The minimum Gasteiger partial charge on any atom is -0.350 e. The highest BCUT2D eigenvalue weighted by atomic mass is 16.2. The van der Waals surface area contributed by atoms with Crippen molar-refractivity contribution in [3.63, 3.8) is 0 Å².